The lowest BCUT2D eigenvalue weighted by Crippen LogP contribution is -2.46. The lowest BCUT2D eigenvalue weighted by molar-refractivity contribution is 0.0669. The van der Waals surface area contributed by atoms with E-state index in [1.807, 2.05) is 11.9 Å². The van der Waals surface area contributed by atoms with Gasteiger partial charge in [-0.3, -0.25) is 15.6 Å². The van der Waals surface area contributed by atoms with E-state index in [0.717, 1.165) is 17.8 Å². The van der Waals surface area contributed by atoms with E-state index in [1.54, 1.807) is 42.5 Å². The van der Waals surface area contributed by atoms with Gasteiger partial charge in [0.15, 0.2) is 5.84 Å². The Labute approximate surface area is 207 Å². The first-order valence-electron chi connectivity index (χ1n) is 11.0. The molecule has 0 bridgehead atoms. The molecule has 1 fully saturated rings. The molecule has 1 amide bonds. The summed E-state index contributed by atoms with van der Waals surface area (Å²) in [6.45, 7) is 3.05. The second-order valence-electron chi connectivity index (χ2n) is 8.51. The van der Waals surface area contributed by atoms with E-state index in [0.29, 0.717) is 39.5 Å². The highest BCUT2D eigenvalue weighted by molar-refractivity contribution is 7.20. The highest BCUT2D eigenvalue weighted by Crippen LogP contribution is 2.36. The van der Waals surface area contributed by atoms with Gasteiger partial charge in [-0.15, -0.1) is 11.3 Å². The van der Waals surface area contributed by atoms with Gasteiger partial charge in [0.2, 0.25) is 5.41 Å². The summed E-state index contributed by atoms with van der Waals surface area (Å²) in [6, 6.07) is 13.2. The maximum absolute atomic E-state index is 15.9. The van der Waals surface area contributed by atoms with Crippen molar-refractivity contribution in [2.45, 2.75) is 5.41 Å². The average molecular weight is 511 g/mol. The Kier molecular flexibility index (Phi) is 6.13. The molecule has 0 radical (unpaired) electrons. The highest BCUT2D eigenvalue weighted by atomic mass is 32.1. The van der Waals surface area contributed by atoms with Crippen molar-refractivity contribution < 1.29 is 13.6 Å². The van der Waals surface area contributed by atoms with E-state index in [-0.39, 0.29) is 17.0 Å². The van der Waals surface area contributed by atoms with E-state index in [1.165, 1.54) is 23.7 Å². The number of piperazine rings is 1. The first kappa shape index (κ1) is 23.5. The molecular formula is C24H24FN6O2PS. The number of carbonyl (C=O) groups excluding carboxylic acids is 1. The maximum Gasteiger partial charge on any atom is 0.264 e. The number of hydrogen-bond acceptors (Lipinski definition) is 7. The predicted octanol–water partition coefficient (Wildman–Crippen LogP) is 3.75. The molecule has 0 saturated carbocycles. The third-order valence-electron chi connectivity index (χ3n) is 6.12. The number of hydrogen-bond donors (Lipinski definition) is 2. The van der Waals surface area contributed by atoms with Crippen LogP contribution in [0.25, 0.3) is 21.5 Å². The molecule has 1 aromatic carbocycles. The summed E-state index contributed by atoms with van der Waals surface area (Å²) < 4.78 is 22.2. The van der Waals surface area contributed by atoms with Gasteiger partial charge in [-0.05, 0) is 49.5 Å². The smallest absolute Gasteiger partial charge is 0.264 e. The molecule has 180 valence electrons. The van der Waals surface area contributed by atoms with Crippen molar-refractivity contribution in [2.75, 3.05) is 33.2 Å². The maximum atomic E-state index is 15.9. The van der Waals surface area contributed by atoms with E-state index >= 15 is 4.39 Å². The number of carbonyl (C=O) groups is 1. The fourth-order valence-corrected chi connectivity index (χ4v) is 5.21. The fourth-order valence-electron chi connectivity index (χ4n) is 3.96. The van der Waals surface area contributed by atoms with Crippen molar-refractivity contribution in [3.63, 3.8) is 0 Å². The molecule has 4 aromatic rings. The molecule has 11 heteroatoms. The third kappa shape index (κ3) is 4.45. The number of furan rings is 1. The summed E-state index contributed by atoms with van der Waals surface area (Å²) in [5.41, 5.74) is 1.18. The monoisotopic (exact) mass is 510 g/mol. The van der Waals surface area contributed by atoms with Gasteiger partial charge in [0.25, 0.3) is 5.91 Å². The van der Waals surface area contributed by atoms with Gasteiger partial charge in [-0.25, -0.2) is 4.39 Å². The SMILES string of the molecule is CN1CCN(C(=O)c2ccc(-c3ccc(=N)n(C(=N)C(F)(P)c4ccc5occc5c4)n3)s2)CC1. The Morgan fingerprint density at radius 2 is 1.91 bits per heavy atom. The van der Waals surface area contributed by atoms with E-state index in [9.17, 15) is 4.79 Å². The number of amides is 1. The topological polar surface area (TPSA) is 102 Å². The normalized spacial score (nSPS) is 16.4. The van der Waals surface area contributed by atoms with Crippen LogP contribution in [0.4, 0.5) is 4.39 Å². The van der Waals surface area contributed by atoms with Crippen molar-refractivity contribution in [2.24, 2.45) is 0 Å². The van der Waals surface area contributed by atoms with Crippen molar-refractivity contribution in [3.05, 3.63) is 70.7 Å². The number of halogens is 1. The molecule has 4 heterocycles. The minimum atomic E-state index is -2.28. The lowest BCUT2D eigenvalue weighted by Gasteiger charge is -2.32. The molecule has 1 saturated heterocycles. The van der Waals surface area contributed by atoms with Crippen LogP contribution in [-0.4, -0.2) is 64.5 Å². The Balaban J connectivity index is 1.42. The van der Waals surface area contributed by atoms with Crippen molar-refractivity contribution in [3.8, 4) is 10.6 Å². The summed E-state index contributed by atoms with van der Waals surface area (Å²) in [7, 11) is 4.10. The average Bonchev–Trinajstić information content (AvgIpc) is 3.53. The van der Waals surface area contributed by atoms with E-state index < -0.39 is 11.2 Å². The standard InChI is InChI=1S/C24H24FN6O2PS/c1-29-9-11-30(12-10-29)22(32)20-6-5-19(35-20)17-3-7-21(26)31(28-17)23(27)24(25,34)16-2-4-18-15(14-16)8-13-33-18/h2-8,13-14,26-27H,9-12,34H2,1H3. The zero-order chi connectivity index (χ0) is 24.7. The van der Waals surface area contributed by atoms with Gasteiger partial charge in [0.1, 0.15) is 16.8 Å². The fraction of sp³-hybridized carbons (Fsp3) is 0.250. The number of nitrogens with zero attached hydrogens (tertiary/aromatic N) is 4. The van der Waals surface area contributed by atoms with Crippen LogP contribution in [0, 0.1) is 10.8 Å². The van der Waals surface area contributed by atoms with Gasteiger partial charge in [0, 0.05) is 37.1 Å². The molecule has 35 heavy (non-hydrogen) atoms. The van der Waals surface area contributed by atoms with Gasteiger partial charge >= 0.3 is 0 Å². The summed E-state index contributed by atoms with van der Waals surface area (Å²) in [5.74, 6) is -0.531. The third-order valence-corrected chi connectivity index (χ3v) is 7.83. The Morgan fingerprint density at radius 3 is 2.69 bits per heavy atom. The van der Waals surface area contributed by atoms with Gasteiger partial charge < -0.3 is 14.2 Å². The molecule has 0 spiro atoms. The van der Waals surface area contributed by atoms with Crippen molar-refractivity contribution in [1.29, 1.82) is 10.8 Å². The van der Waals surface area contributed by atoms with Crippen LogP contribution in [-0.2, 0) is 5.41 Å². The number of benzene rings is 1. The molecular weight excluding hydrogens is 486 g/mol. The molecule has 1 aliphatic heterocycles. The molecule has 2 atom stereocenters. The van der Waals surface area contributed by atoms with Crippen LogP contribution in [0.15, 0.2) is 59.2 Å². The summed E-state index contributed by atoms with van der Waals surface area (Å²) >= 11 is 1.30. The van der Waals surface area contributed by atoms with Gasteiger partial charge in [-0.1, -0.05) is 15.3 Å². The van der Waals surface area contributed by atoms with Crippen LogP contribution in [0.3, 0.4) is 0 Å². The quantitative estimate of drug-likeness (QED) is 0.248. The van der Waals surface area contributed by atoms with Crippen molar-refractivity contribution in [1.82, 2.24) is 19.6 Å². The van der Waals surface area contributed by atoms with Gasteiger partial charge in [0.05, 0.1) is 16.0 Å². The largest absolute Gasteiger partial charge is 0.464 e. The summed E-state index contributed by atoms with van der Waals surface area (Å²) in [5, 5.41) is 19.6. The second-order valence-corrected chi connectivity index (χ2v) is 10.4. The van der Waals surface area contributed by atoms with Crippen LogP contribution in [0.5, 0.6) is 0 Å². The van der Waals surface area contributed by atoms with E-state index in [4.69, 9.17) is 15.2 Å². The molecule has 5 rings (SSSR count). The molecule has 2 unspecified atom stereocenters. The Hall–Kier alpha value is -3.20. The van der Waals surface area contributed by atoms with Gasteiger partial charge in [-0.2, -0.15) is 9.78 Å². The number of likely N-dealkylation sites (N-methyl/N-ethyl adjacent to an activating group) is 1. The minimum absolute atomic E-state index is 0.0190. The first-order chi connectivity index (χ1) is 16.7. The van der Waals surface area contributed by atoms with E-state index in [2.05, 4.69) is 19.2 Å². The molecule has 8 nitrogen and oxygen atoms in total. The molecule has 0 aliphatic carbocycles. The number of thiophene rings is 1. The summed E-state index contributed by atoms with van der Waals surface area (Å²) in [4.78, 5) is 18.2. The minimum Gasteiger partial charge on any atom is -0.464 e. The zero-order valence-corrected chi connectivity index (χ0v) is 21.0. The van der Waals surface area contributed by atoms with Crippen LogP contribution in [0.1, 0.15) is 15.2 Å². The number of nitrogens with one attached hydrogen (secondary N) is 2. The molecule has 2 N–H and O–H groups in total. The number of alkyl halides is 1. The molecule has 3 aromatic heterocycles. The highest BCUT2D eigenvalue weighted by Gasteiger charge is 2.34. The Morgan fingerprint density at radius 1 is 1.14 bits per heavy atom. The number of rotatable bonds is 4. The van der Waals surface area contributed by atoms with Crippen LogP contribution < -0.4 is 5.49 Å². The zero-order valence-electron chi connectivity index (χ0n) is 19.0. The van der Waals surface area contributed by atoms with Crippen LogP contribution >= 0.6 is 20.6 Å². The first-order valence-corrected chi connectivity index (χ1v) is 12.4. The summed E-state index contributed by atoms with van der Waals surface area (Å²) in [6.07, 6.45) is 1.52. The molecule has 1 aliphatic rings. The van der Waals surface area contributed by atoms with Crippen LogP contribution in [0.2, 0.25) is 0 Å². The predicted molar refractivity (Wildman–Crippen MR) is 137 cm³/mol. The lowest BCUT2D eigenvalue weighted by atomic mass is 10.1. The second kappa shape index (κ2) is 9.11. The number of aromatic nitrogens is 2. The van der Waals surface area contributed by atoms with Crippen molar-refractivity contribution >= 4 is 43.3 Å². The Bertz CT molecular complexity index is 1480. The number of fused-ring (bicyclic) bond motifs is 1.